The summed E-state index contributed by atoms with van der Waals surface area (Å²) < 4.78 is 25.1. The van der Waals surface area contributed by atoms with Gasteiger partial charge in [0.05, 0.1) is 24.4 Å². The highest BCUT2D eigenvalue weighted by molar-refractivity contribution is 6.01. The van der Waals surface area contributed by atoms with Crippen molar-refractivity contribution in [2.24, 2.45) is 0 Å². The van der Waals surface area contributed by atoms with E-state index in [-0.39, 0.29) is 23.5 Å². The minimum atomic E-state index is -0.522. The first-order valence-electron chi connectivity index (χ1n) is 12.0. The largest absolute Gasteiger partial charge is 0.494 e. The summed E-state index contributed by atoms with van der Waals surface area (Å²) in [4.78, 5) is 19.6. The number of nitrogens with one attached hydrogen (secondary N) is 1. The molecule has 4 aromatic rings. The van der Waals surface area contributed by atoms with Crippen LogP contribution < -0.4 is 15.0 Å². The Kier molecular flexibility index (Phi) is 6.48. The van der Waals surface area contributed by atoms with E-state index in [9.17, 15) is 9.18 Å². The normalized spacial score (nSPS) is 15.6. The SMILES string of the molecule is CCc1ccc(C2NC(=O)N(c3cccc(C)c3)C(C)=C2c2nc(-c3ccc(OC)c(F)c3)no2)cc1. The van der Waals surface area contributed by atoms with Crippen LogP contribution in [0.15, 0.2) is 77.0 Å². The molecule has 1 atom stereocenters. The van der Waals surface area contributed by atoms with Crippen LogP contribution in [0.25, 0.3) is 17.0 Å². The van der Waals surface area contributed by atoms with E-state index in [1.807, 2.05) is 62.4 Å². The van der Waals surface area contributed by atoms with Gasteiger partial charge in [0.2, 0.25) is 5.82 Å². The van der Waals surface area contributed by atoms with Crippen molar-refractivity contribution in [2.45, 2.75) is 33.2 Å². The van der Waals surface area contributed by atoms with Crippen molar-refractivity contribution in [3.8, 4) is 17.1 Å². The number of aryl methyl sites for hydroxylation is 2. The summed E-state index contributed by atoms with van der Waals surface area (Å²) >= 11 is 0. The number of urea groups is 1. The molecule has 1 aliphatic rings. The molecule has 0 saturated heterocycles. The maximum atomic E-state index is 14.3. The lowest BCUT2D eigenvalue weighted by molar-refractivity contribution is 0.244. The summed E-state index contributed by atoms with van der Waals surface area (Å²) in [7, 11) is 1.41. The fourth-order valence-corrected chi connectivity index (χ4v) is 4.55. The Morgan fingerprint density at radius 2 is 1.86 bits per heavy atom. The number of rotatable bonds is 6. The smallest absolute Gasteiger partial charge is 0.326 e. The predicted octanol–water partition coefficient (Wildman–Crippen LogP) is 6.46. The molecule has 8 heteroatoms. The predicted molar refractivity (Wildman–Crippen MR) is 140 cm³/mol. The van der Waals surface area contributed by atoms with Gasteiger partial charge in [-0.05, 0) is 67.3 Å². The zero-order valence-electron chi connectivity index (χ0n) is 21.1. The Hall–Kier alpha value is -4.46. The van der Waals surface area contributed by atoms with Gasteiger partial charge >= 0.3 is 6.03 Å². The monoisotopic (exact) mass is 498 g/mol. The number of aromatic nitrogens is 2. The first kappa shape index (κ1) is 24.2. The number of allylic oxidation sites excluding steroid dienone is 1. The summed E-state index contributed by atoms with van der Waals surface area (Å²) in [6.07, 6.45) is 0.908. The zero-order chi connectivity index (χ0) is 26.1. The lowest BCUT2D eigenvalue weighted by Gasteiger charge is -2.35. The molecule has 0 radical (unpaired) electrons. The second-order valence-corrected chi connectivity index (χ2v) is 8.92. The fraction of sp³-hybridized carbons (Fsp3) is 0.207. The van der Waals surface area contributed by atoms with Gasteiger partial charge in [-0.2, -0.15) is 4.98 Å². The van der Waals surface area contributed by atoms with Crippen LogP contribution in [0.1, 0.15) is 42.5 Å². The number of benzene rings is 3. The van der Waals surface area contributed by atoms with Crippen molar-refractivity contribution in [1.82, 2.24) is 15.5 Å². The molecule has 188 valence electrons. The van der Waals surface area contributed by atoms with Crippen molar-refractivity contribution in [2.75, 3.05) is 12.0 Å². The molecule has 0 spiro atoms. The Balaban J connectivity index is 1.63. The molecule has 1 unspecified atom stereocenters. The molecule has 0 aliphatic carbocycles. The minimum Gasteiger partial charge on any atom is -0.494 e. The summed E-state index contributed by atoms with van der Waals surface area (Å²) in [5.74, 6) is 0.0819. The molecule has 5 rings (SSSR count). The average Bonchev–Trinajstić information content (AvgIpc) is 3.38. The number of halogens is 1. The van der Waals surface area contributed by atoms with Gasteiger partial charge in [0.25, 0.3) is 5.89 Å². The number of anilines is 1. The molecule has 1 aromatic heterocycles. The topological polar surface area (TPSA) is 80.5 Å². The third-order valence-electron chi connectivity index (χ3n) is 6.53. The Bertz CT molecular complexity index is 1490. The van der Waals surface area contributed by atoms with Gasteiger partial charge in [0.15, 0.2) is 11.6 Å². The molecule has 1 N–H and O–H groups in total. The summed E-state index contributed by atoms with van der Waals surface area (Å²) in [5, 5.41) is 7.24. The number of hydrogen-bond donors (Lipinski definition) is 1. The van der Waals surface area contributed by atoms with Gasteiger partial charge in [0, 0.05) is 11.3 Å². The molecule has 3 aromatic carbocycles. The van der Waals surface area contributed by atoms with Gasteiger partial charge in [0.1, 0.15) is 0 Å². The van der Waals surface area contributed by atoms with E-state index < -0.39 is 11.9 Å². The molecular formula is C29H27FN4O3. The van der Waals surface area contributed by atoms with E-state index in [4.69, 9.17) is 9.26 Å². The van der Waals surface area contributed by atoms with Gasteiger partial charge in [-0.25, -0.2) is 9.18 Å². The lowest BCUT2D eigenvalue weighted by atomic mass is 9.93. The molecule has 37 heavy (non-hydrogen) atoms. The van der Waals surface area contributed by atoms with Crippen LogP contribution >= 0.6 is 0 Å². The van der Waals surface area contributed by atoms with Gasteiger partial charge < -0.3 is 14.6 Å². The minimum absolute atomic E-state index is 0.130. The first-order chi connectivity index (χ1) is 17.9. The first-order valence-corrected chi connectivity index (χ1v) is 12.0. The van der Waals surface area contributed by atoms with Crippen LogP contribution in [0.5, 0.6) is 5.75 Å². The van der Waals surface area contributed by atoms with E-state index in [0.717, 1.165) is 23.2 Å². The van der Waals surface area contributed by atoms with Crippen molar-refractivity contribution in [3.05, 3.63) is 101 Å². The van der Waals surface area contributed by atoms with Crippen molar-refractivity contribution in [3.63, 3.8) is 0 Å². The van der Waals surface area contributed by atoms with Crippen LogP contribution in [0, 0.1) is 12.7 Å². The van der Waals surface area contributed by atoms with E-state index in [1.54, 1.807) is 11.0 Å². The number of carbonyl (C=O) groups excluding carboxylic acids is 1. The second kappa shape index (κ2) is 9.89. The van der Waals surface area contributed by atoms with Crippen molar-refractivity contribution < 1.29 is 18.4 Å². The molecule has 7 nitrogen and oxygen atoms in total. The zero-order valence-corrected chi connectivity index (χ0v) is 21.1. The number of amides is 2. The summed E-state index contributed by atoms with van der Waals surface area (Å²) in [6, 6.07) is 19.5. The van der Waals surface area contributed by atoms with Crippen LogP contribution in [-0.2, 0) is 6.42 Å². The quantitative estimate of drug-likeness (QED) is 0.330. The highest BCUT2D eigenvalue weighted by atomic mass is 19.1. The molecular weight excluding hydrogens is 471 g/mol. The van der Waals surface area contributed by atoms with Crippen molar-refractivity contribution in [1.29, 1.82) is 0 Å². The van der Waals surface area contributed by atoms with Crippen LogP contribution in [-0.4, -0.2) is 23.3 Å². The van der Waals surface area contributed by atoms with Crippen LogP contribution in [0.4, 0.5) is 14.9 Å². The van der Waals surface area contributed by atoms with E-state index in [2.05, 4.69) is 22.4 Å². The number of ether oxygens (including phenoxy) is 1. The highest BCUT2D eigenvalue weighted by Gasteiger charge is 2.36. The maximum Gasteiger partial charge on any atom is 0.326 e. The van der Waals surface area contributed by atoms with Gasteiger partial charge in [-0.3, -0.25) is 4.90 Å². The lowest BCUT2D eigenvalue weighted by Crippen LogP contribution is -2.46. The Morgan fingerprint density at radius 3 is 2.54 bits per heavy atom. The van der Waals surface area contributed by atoms with Crippen molar-refractivity contribution >= 4 is 17.3 Å². The summed E-state index contributed by atoms with van der Waals surface area (Å²) in [6.45, 7) is 5.93. The van der Waals surface area contributed by atoms with E-state index in [0.29, 0.717) is 16.8 Å². The Labute approximate surface area is 214 Å². The number of methoxy groups -OCH3 is 1. The molecule has 0 saturated carbocycles. The van der Waals surface area contributed by atoms with E-state index >= 15 is 0 Å². The number of nitrogens with zero attached hydrogens (tertiary/aromatic N) is 3. The van der Waals surface area contributed by atoms with Gasteiger partial charge in [-0.1, -0.05) is 48.5 Å². The van der Waals surface area contributed by atoms with Crippen LogP contribution in [0.2, 0.25) is 0 Å². The average molecular weight is 499 g/mol. The Morgan fingerprint density at radius 1 is 1.08 bits per heavy atom. The third-order valence-corrected chi connectivity index (χ3v) is 6.53. The number of carbonyl (C=O) groups is 1. The van der Waals surface area contributed by atoms with E-state index in [1.165, 1.54) is 24.8 Å². The number of hydrogen-bond acceptors (Lipinski definition) is 5. The molecule has 0 fully saturated rings. The van der Waals surface area contributed by atoms with Gasteiger partial charge in [-0.15, -0.1) is 0 Å². The summed E-state index contributed by atoms with van der Waals surface area (Å²) in [5.41, 5.74) is 5.61. The fourth-order valence-electron chi connectivity index (χ4n) is 4.55. The maximum absolute atomic E-state index is 14.3. The van der Waals surface area contributed by atoms with Crippen LogP contribution in [0.3, 0.4) is 0 Å². The molecule has 1 aliphatic heterocycles. The third kappa shape index (κ3) is 4.58. The highest BCUT2D eigenvalue weighted by Crippen LogP contribution is 2.39. The second-order valence-electron chi connectivity index (χ2n) is 8.92. The standard InChI is InChI=1S/C29H27FN4O3/c1-5-19-9-11-20(12-10-19)26-25(18(3)34(29(35)31-26)22-8-6-7-17(2)15-22)28-32-27(33-37-28)21-13-14-24(36-4)23(30)16-21/h6-16,26H,5H2,1-4H3,(H,31,35). The molecule has 2 amide bonds. The molecule has 2 heterocycles. The molecule has 0 bridgehead atoms.